The van der Waals surface area contributed by atoms with Gasteiger partial charge in [-0.05, 0) is 13.3 Å². The van der Waals surface area contributed by atoms with Crippen molar-refractivity contribution in [2.75, 3.05) is 24.2 Å². The first-order chi connectivity index (χ1) is 7.72. The van der Waals surface area contributed by atoms with Gasteiger partial charge >= 0.3 is 5.97 Å². The zero-order valence-corrected chi connectivity index (χ0v) is 9.27. The number of nitrogens with two attached hydrogens (primary N) is 1. The standard InChI is InChI=1S/C10H16N4O2/c1-2-16-10(15)4-3-5-12-9-7-13-8(11)6-14-9/h6-7H,2-5H2,1H3,(H2,11,13)(H,12,14). The van der Waals surface area contributed by atoms with Gasteiger partial charge in [-0.1, -0.05) is 0 Å². The monoisotopic (exact) mass is 224 g/mol. The van der Waals surface area contributed by atoms with Gasteiger partial charge < -0.3 is 15.8 Å². The van der Waals surface area contributed by atoms with Gasteiger partial charge in [-0.25, -0.2) is 9.97 Å². The van der Waals surface area contributed by atoms with E-state index in [4.69, 9.17) is 10.5 Å². The van der Waals surface area contributed by atoms with Crippen molar-refractivity contribution in [1.29, 1.82) is 0 Å². The van der Waals surface area contributed by atoms with Gasteiger partial charge in [-0.15, -0.1) is 0 Å². The van der Waals surface area contributed by atoms with Crippen molar-refractivity contribution in [1.82, 2.24) is 9.97 Å². The molecule has 1 aromatic rings. The Morgan fingerprint density at radius 1 is 1.50 bits per heavy atom. The topological polar surface area (TPSA) is 90.1 Å². The number of anilines is 2. The number of esters is 1. The fraction of sp³-hybridized carbons (Fsp3) is 0.500. The molecule has 0 atom stereocenters. The highest BCUT2D eigenvalue weighted by atomic mass is 16.5. The minimum Gasteiger partial charge on any atom is -0.466 e. The third-order valence-electron chi connectivity index (χ3n) is 1.84. The van der Waals surface area contributed by atoms with Gasteiger partial charge in [0.25, 0.3) is 0 Å². The van der Waals surface area contributed by atoms with Crippen molar-refractivity contribution in [3.05, 3.63) is 12.4 Å². The lowest BCUT2D eigenvalue weighted by molar-refractivity contribution is -0.143. The third kappa shape index (κ3) is 4.59. The second kappa shape index (κ2) is 6.60. The van der Waals surface area contributed by atoms with Gasteiger partial charge in [0.05, 0.1) is 19.0 Å². The molecule has 6 heteroatoms. The summed E-state index contributed by atoms with van der Waals surface area (Å²) in [6.07, 6.45) is 4.14. The second-order valence-corrected chi connectivity index (χ2v) is 3.16. The van der Waals surface area contributed by atoms with Crippen molar-refractivity contribution >= 4 is 17.6 Å². The summed E-state index contributed by atoms with van der Waals surface area (Å²) in [4.78, 5) is 18.9. The van der Waals surface area contributed by atoms with Gasteiger partial charge in [0, 0.05) is 13.0 Å². The number of nitrogen functional groups attached to an aromatic ring is 1. The van der Waals surface area contributed by atoms with Crippen LogP contribution in [0.2, 0.25) is 0 Å². The van der Waals surface area contributed by atoms with Crippen LogP contribution in [0.4, 0.5) is 11.6 Å². The van der Waals surface area contributed by atoms with Gasteiger partial charge in [0.2, 0.25) is 0 Å². The van der Waals surface area contributed by atoms with E-state index in [9.17, 15) is 4.79 Å². The fourth-order valence-corrected chi connectivity index (χ4v) is 1.11. The maximum atomic E-state index is 11.0. The quantitative estimate of drug-likeness (QED) is 0.549. The van der Waals surface area contributed by atoms with Crippen molar-refractivity contribution in [3.63, 3.8) is 0 Å². The molecule has 1 rings (SSSR count). The number of nitrogens with zero attached hydrogens (tertiary/aromatic N) is 2. The summed E-state index contributed by atoms with van der Waals surface area (Å²) in [5, 5.41) is 3.03. The number of nitrogens with one attached hydrogen (secondary N) is 1. The first-order valence-electron chi connectivity index (χ1n) is 5.19. The SMILES string of the molecule is CCOC(=O)CCCNc1cnc(N)cn1. The first kappa shape index (κ1) is 12.2. The molecule has 0 saturated carbocycles. The Morgan fingerprint density at radius 3 is 2.94 bits per heavy atom. The number of aromatic nitrogens is 2. The molecule has 0 spiro atoms. The first-order valence-corrected chi connectivity index (χ1v) is 5.19. The Hall–Kier alpha value is -1.85. The van der Waals surface area contributed by atoms with Gasteiger partial charge in [-0.3, -0.25) is 4.79 Å². The minimum absolute atomic E-state index is 0.173. The molecule has 3 N–H and O–H groups in total. The summed E-state index contributed by atoms with van der Waals surface area (Å²) in [7, 11) is 0. The molecule has 1 heterocycles. The number of hydrogen-bond donors (Lipinski definition) is 2. The summed E-state index contributed by atoms with van der Waals surface area (Å²) in [5.41, 5.74) is 5.39. The Labute approximate surface area is 94.2 Å². The van der Waals surface area contributed by atoms with Gasteiger partial charge in [0.15, 0.2) is 0 Å². The maximum Gasteiger partial charge on any atom is 0.305 e. The van der Waals surface area contributed by atoms with Crippen LogP contribution in [-0.4, -0.2) is 29.1 Å². The zero-order valence-electron chi connectivity index (χ0n) is 9.27. The Morgan fingerprint density at radius 2 is 2.31 bits per heavy atom. The average molecular weight is 224 g/mol. The molecule has 88 valence electrons. The van der Waals surface area contributed by atoms with E-state index in [1.54, 1.807) is 13.1 Å². The van der Waals surface area contributed by atoms with Crippen LogP contribution >= 0.6 is 0 Å². The Bertz CT molecular complexity index is 326. The molecule has 0 aliphatic heterocycles. The number of carbonyl (C=O) groups is 1. The molecular formula is C10H16N4O2. The van der Waals surface area contributed by atoms with E-state index < -0.39 is 0 Å². The fourth-order valence-electron chi connectivity index (χ4n) is 1.11. The molecule has 0 amide bonds. The Kier molecular flexibility index (Phi) is 5.04. The van der Waals surface area contributed by atoms with Crippen LogP contribution in [0.1, 0.15) is 19.8 Å². The third-order valence-corrected chi connectivity index (χ3v) is 1.84. The van der Waals surface area contributed by atoms with E-state index in [2.05, 4.69) is 15.3 Å². The second-order valence-electron chi connectivity index (χ2n) is 3.16. The lowest BCUT2D eigenvalue weighted by Crippen LogP contribution is -2.09. The Balaban J connectivity index is 2.16. The summed E-state index contributed by atoms with van der Waals surface area (Å²) >= 11 is 0. The van der Waals surface area contributed by atoms with Crippen LogP contribution in [0.5, 0.6) is 0 Å². The molecule has 1 aromatic heterocycles. The van der Waals surface area contributed by atoms with E-state index >= 15 is 0 Å². The summed E-state index contributed by atoms with van der Waals surface area (Å²) in [6.45, 7) is 2.87. The summed E-state index contributed by atoms with van der Waals surface area (Å²) in [6, 6.07) is 0. The van der Waals surface area contributed by atoms with Crippen LogP contribution in [0, 0.1) is 0 Å². The summed E-state index contributed by atoms with van der Waals surface area (Å²) in [5.74, 6) is 0.864. The molecule has 0 fully saturated rings. The number of ether oxygens (including phenoxy) is 1. The molecule has 0 radical (unpaired) electrons. The van der Waals surface area contributed by atoms with E-state index in [0.29, 0.717) is 37.6 Å². The largest absolute Gasteiger partial charge is 0.466 e. The average Bonchev–Trinajstić information content (AvgIpc) is 2.27. The van der Waals surface area contributed by atoms with E-state index in [1.165, 1.54) is 6.20 Å². The highest BCUT2D eigenvalue weighted by molar-refractivity contribution is 5.69. The molecule has 0 saturated heterocycles. The van der Waals surface area contributed by atoms with Crippen molar-refractivity contribution < 1.29 is 9.53 Å². The highest BCUT2D eigenvalue weighted by Crippen LogP contribution is 2.02. The van der Waals surface area contributed by atoms with E-state index in [1.807, 2.05) is 0 Å². The molecule has 6 nitrogen and oxygen atoms in total. The zero-order chi connectivity index (χ0) is 11.8. The molecule has 0 aliphatic rings. The molecule has 0 aliphatic carbocycles. The lowest BCUT2D eigenvalue weighted by Gasteiger charge is -2.04. The van der Waals surface area contributed by atoms with Crippen LogP contribution < -0.4 is 11.1 Å². The van der Waals surface area contributed by atoms with E-state index in [0.717, 1.165) is 0 Å². The van der Waals surface area contributed by atoms with Crippen molar-refractivity contribution in [2.24, 2.45) is 0 Å². The van der Waals surface area contributed by atoms with Gasteiger partial charge in [-0.2, -0.15) is 0 Å². The molecule has 0 bridgehead atoms. The predicted molar refractivity (Wildman–Crippen MR) is 60.8 cm³/mol. The molecule has 16 heavy (non-hydrogen) atoms. The van der Waals surface area contributed by atoms with Gasteiger partial charge in [0.1, 0.15) is 11.6 Å². The molecule has 0 aromatic carbocycles. The van der Waals surface area contributed by atoms with E-state index in [-0.39, 0.29) is 5.97 Å². The molecule has 0 unspecified atom stereocenters. The van der Waals surface area contributed by atoms with Crippen LogP contribution in [-0.2, 0) is 9.53 Å². The van der Waals surface area contributed by atoms with Crippen LogP contribution in [0.15, 0.2) is 12.4 Å². The summed E-state index contributed by atoms with van der Waals surface area (Å²) < 4.78 is 4.80. The predicted octanol–water partition coefficient (Wildman–Crippen LogP) is 0.814. The number of rotatable bonds is 6. The lowest BCUT2D eigenvalue weighted by atomic mass is 10.3. The smallest absolute Gasteiger partial charge is 0.305 e. The minimum atomic E-state index is -0.173. The highest BCUT2D eigenvalue weighted by Gasteiger charge is 2.00. The van der Waals surface area contributed by atoms with Crippen molar-refractivity contribution in [3.8, 4) is 0 Å². The maximum absolute atomic E-state index is 11.0. The van der Waals surface area contributed by atoms with Crippen LogP contribution in [0.3, 0.4) is 0 Å². The van der Waals surface area contributed by atoms with Crippen molar-refractivity contribution in [2.45, 2.75) is 19.8 Å². The van der Waals surface area contributed by atoms with Crippen LogP contribution in [0.25, 0.3) is 0 Å². The number of hydrogen-bond acceptors (Lipinski definition) is 6. The normalized spacial score (nSPS) is 9.81. The molecular weight excluding hydrogens is 208 g/mol. The number of carbonyl (C=O) groups excluding carboxylic acids is 1.